The third-order valence-corrected chi connectivity index (χ3v) is 4.13. The maximum Gasteiger partial charge on any atom is 0.128 e. The van der Waals surface area contributed by atoms with Gasteiger partial charge in [-0.1, -0.05) is 0 Å². The number of aryl methyl sites for hydroxylation is 1. The summed E-state index contributed by atoms with van der Waals surface area (Å²) in [5, 5.41) is 0. The van der Waals surface area contributed by atoms with Crippen LogP contribution in [0.1, 0.15) is 29.7 Å². The number of aromatic nitrogens is 1. The second-order valence-electron chi connectivity index (χ2n) is 5.74. The largest absolute Gasteiger partial charge is 0.496 e. The minimum atomic E-state index is 0.654. The minimum Gasteiger partial charge on any atom is -0.496 e. The highest BCUT2D eigenvalue weighted by atomic mass is 16.5. The van der Waals surface area contributed by atoms with Crippen LogP contribution >= 0.6 is 0 Å². The van der Waals surface area contributed by atoms with Crippen LogP contribution in [-0.2, 0) is 11.3 Å². The summed E-state index contributed by atoms with van der Waals surface area (Å²) in [5.41, 5.74) is 3.40. The Balaban J connectivity index is 2.06. The van der Waals surface area contributed by atoms with E-state index in [4.69, 9.17) is 9.47 Å². The first-order valence-electron chi connectivity index (χ1n) is 7.36. The predicted octanol–water partition coefficient (Wildman–Crippen LogP) is 2.57. The molecule has 0 radical (unpaired) electrons. The predicted molar refractivity (Wildman–Crippen MR) is 80.1 cm³/mol. The lowest BCUT2D eigenvalue weighted by atomic mass is 9.98. The fourth-order valence-corrected chi connectivity index (χ4v) is 3.11. The van der Waals surface area contributed by atoms with Gasteiger partial charge in [-0.05, 0) is 39.2 Å². The molecule has 0 bridgehead atoms. The molecule has 2 rings (SSSR count). The van der Waals surface area contributed by atoms with Crippen molar-refractivity contribution < 1.29 is 9.47 Å². The normalized spacial score (nSPS) is 20.1. The summed E-state index contributed by atoms with van der Waals surface area (Å²) in [6.07, 6.45) is 4.43. The van der Waals surface area contributed by atoms with Crippen molar-refractivity contribution in [3.63, 3.8) is 0 Å². The second-order valence-corrected chi connectivity index (χ2v) is 5.74. The Morgan fingerprint density at radius 1 is 1.35 bits per heavy atom. The molecule has 0 aliphatic carbocycles. The molecule has 2 heterocycles. The Hall–Kier alpha value is -1.13. The van der Waals surface area contributed by atoms with Crippen molar-refractivity contribution in [2.24, 2.45) is 5.92 Å². The van der Waals surface area contributed by atoms with E-state index in [1.807, 2.05) is 13.1 Å². The van der Waals surface area contributed by atoms with E-state index in [9.17, 15) is 0 Å². The van der Waals surface area contributed by atoms with Crippen molar-refractivity contribution >= 4 is 0 Å². The van der Waals surface area contributed by atoms with E-state index in [-0.39, 0.29) is 0 Å². The van der Waals surface area contributed by atoms with Gasteiger partial charge in [0.15, 0.2) is 0 Å². The zero-order valence-corrected chi connectivity index (χ0v) is 13.1. The first-order chi connectivity index (χ1) is 9.65. The zero-order chi connectivity index (χ0) is 14.5. The summed E-state index contributed by atoms with van der Waals surface area (Å²) in [7, 11) is 3.52. The molecule has 0 aromatic carbocycles. The smallest absolute Gasteiger partial charge is 0.128 e. The summed E-state index contributed by atoms with van der Waals surface area (Å²) in [6, 6.07) is 0. The number of methoxy groups -OCH3 is 2. The van der Waals surface area contributed by atoms with Crippen LogP contribution in [0.15, 0.2) is 6.20 Å². The molecule has 4 heteroatoms. The van der Waals surface area contributed by atoms with Crippen LogP contribution in [0, 0.1) is 19.8 Å². The number of rotatable bonds is 5. The number of piperidine rings is 1. The van der Waals surface area contributed by atoms with Crippen molar-refractivity contribution in [3.8, 4) is 5.75 Å². The molecule has 1 atom stereocenters. The van der Waals surface area contributed by atoms with Crippen molar-refractivity contribution in [2.75, 3.05) is 33.9 Å². The number of ether oxygens (including phenoxy) is 2. The van der Waals surface area contributed by atoms with Crippen molar-refractivity contribution in [3.05, 3.63) is 23.0 Å². The van der Waals surface area contributed by atoms with E-state index in [1.165, 1.54) is 18.4 Å². The number of hydrogen-bond donors (Lipinski definition) is 0. The molecule has 0 spiro atoms. The molecule has 1 aromatic rings. The maximum absolute atomic E-state index is 5.49. The van der Waals surface area contributed by atoms with Crippen LogP contribution in [0.3, 0.4) is 0 Å². The van der Waals surface area contributed by atoms with Crippen LogP contribution in [0.5, 0.6) is 5.75 Å². The van der Waals surface area contributed by atoms with Crippen LogP contribution < -0.4 is 4.74 Å². The highest BCUT2D eigenvalue weighted by Gasteiger charge is 2.21. The van der Waals surface area contributed by atoms with E-state index >= 15 is 0 Å². The van der Waals surface area contributed by atoms with E-state index in [2.05, 4.69) is 16.8 Å². The highest BCUT2D eigenvalue weighted by molar-refractivity contribution is 5.41. The quantitative estimate of drug-likeness (QED) is 0.829. The molecule has 112 valence electrons. The minimum absolute atomic E-state index is 0.654. The second kappa shape index (κ2) is 7.04. The average Bonchev–Trinajstić information content (AvgIpc) is 2.43. The van der Waals surface area contributed by atoms with Gasteiger partial charge in [-0.15, -0.1) is 0 Å². The third-order valence-electron chi connectivity index (χ3n) is 4.13. The lowest BCUT2D eigenvalue weighted by Gasteiger charge is -2.32. The molecule has 1 aromatic heterocycles. The van der Waals surface area contributed by atoms with E-state index in [1.54, 1.807) is 14.2 Å². The molecule has 4 nitrogen and oxygen atoms in total. The highest BCUT2D eigenvalue weighted by Crippen LogP contribution is 2.26. The summed E-state index contributed by atoms with van der Waals surface area (Å²) >= 11 is 0. The molecule has 1 aliphatic rings. The van der Waals surface area contributed by atoms with Gasteiger partial charge in [0.2, 0.25) is 0 Å². The SMILES string of the molecule is COC[C@@H]1CCCN(Cc2ncc(C)c(OC)c2C)C1. The van der Waals surface area contributed by atoms with Gasteiger partial charge in [0.1, 0.15) is 5.75 Å². The molecular formula is C16H26N2O2. The van der Waals surface area contributed by atoms with Gasteiger partial charge in [0.25, 0.3) is 0 Å². The van der Waals surface area contributed by atoms with Gasteiger partial charge in [0, 0.05) is 37.5 Å². The first kappa shape index (κ1) is 15.3. The van der Waals surface area contributed by atoms with E-state index < -0.39 is 0 Å². The van der Waals surface area contributed by atoms with Crippen LogP contribution in [0.2, 0.25) is 0 Å². The monoisotopic (exact) mass is 278 g/mol. The number of nitrogens with zero attached hydrogens (tertiary/aromatic N) is 2. The number of pyridine rings is 1. The van der Waals surface area contributed by atoms with Gasteiger partial charge in [0.05, 0.1) is 19.4 Å². The summed E-state index contributed by atoms with van der Waals surface area (Å²) in [6.45, 7) is 8.16. The molecule has 0 amide bonds. The molecule has 1 saturated heterocycles. The Morgan fingerprint density at radius 3 is 2.85 bits per heavy atom. The summed E-state index contributed by atoms with van der Waals surface area (Å²) in [4.78, 5) is 7.08. The van der Waals surface area contributed by atoms with Crippen molar-refractivity contribution in [1.29, 1.82) is 0 Å². The van der Waals surface area contributed by atoms with Gasteiger partial charge in [-0.25, -0.2) is 0 Å². The van der Waals surface area contributed by atoms with Crippen molar-refractivity contribution in [2.45, 2.75) is 33.2 Å². The lowest BCUT2D eigenvalue weighted by molar-refractivity contribution is 0.0866. The summed E-state index contributed by atoms with van der Waals surface area (Å²) in [5.74, 6) is 1.63. The Morgan fingerprint density at radius 2 is 2.15 bits per heavy atom. The Labute approximate surface area is 122 Å². The number of likely N-dealkylation sites (tertiary alicyclic amines) is 1. The van der Waals surface area contributed by atoms with Crippen molar-refractivity contribution in [1.82, 2.24) is 9.88 Å². The fourth-order valence-electron chi connectivity index (χ4n) is 3.11. The van der Waals surface area contributed by atoms with Crippen LogP contribution in [-0.4, -0.2) is 43.8 Å². The van der Waals surface area contributed by atoms with E-state index in [0.29, 0.717) is 5.92 Å². The molecule has 0 N–H and O–H groups in total. The van der Waals surface area contributed by atoms with E-state index in [0.717, 1.165) is 43.2 Å². The van der Waals surface area contributed by atoms with Gasteiger partial charge >= 0.3 is 0 Å². The average molecular weight is 278 g/mol. The fraction of sp³-hybridized carbons (Fsp3) is 0.688. The van der Waals surface area contributed by atoms with Crippen LogP contribution in [0.4, 0.5) is 0 Å². The molecule has 0 saturated carbocycles. The third kappa shape index (κ3) is 3.49. The first-order valence-corrected chi connectivity index (χ1v) is 7.36. The zero-order valence-electron chi connectivity index (χ0n) is 13.1. The Bertz CT molecular complexity index is 446. The molecule has 20 heavy (non-hydrogen) atoms. The topological polar surface area (TPSA) is 34.6 Å². The molecule has 0 unspecified atom stereocenters. The molecule has 1 fully saturated rings. The molecule has 1 aliphatic heterocycles. The van der Waals surface area contributed by atoms with Gasteiger partial charge < -0.3 is 9.47 Å². The summed E-state index contributed by atoms with van der Waals surface area (Å²) < 4.78 is 10.8. The molecular weight excluding hydrogens is 252 g/mol. The number of hydrogen-bond acceptors (Lipinski definition) is 4. The Kier molecular flexibility index (Phi) is 5.38. The standard InChI is InChI=1S/C16H26N2O2/c1-12-8-17-15(13(2)16(12)20-4)10-18-7-5-6-14(9-18)11-19-3/h8,14H,5-7,9-11H2,1-4H3/t14-/m1/s1. The van der Waals surface area contributed by atoms with Gasteiger partial charge in [-0.3, -0.25) is 9.88 Å². The van der Waals surface area contributed by atoms with Gasteiger partial charge in [-0.2, -0.15) is 0 Å². The maximum atomic E-state index is 5.49. The van der Waals surface area contributed by atoms with Crippen LogP contribution in [0.25, 0.3) is 0 Å². The lowest BCUT2D eigenvalue weighted by Crippen LogP contribution is -2.37.